The molecular weight excluding hydrogens is 568 g/mol. The molecule has 10 nitrogen and oxygen atoms in total. The van der Waals surface area contributed by atoms with Gasteiger partial charge in [0.15, 0.2) is 0 Å². The molecule has 1 aliphatic heterocycles. The number of alkyl halides is 3. The van der Waals surface area contributed by atoms with Crippen molar-refractivity contribution in [2.24, 2.45) is 4.99 Å². The van der Waals surface area contributed by atoms with Crippen molar-refractivity contribution in [2.45, 2.75) is 25.7 Å². The molecule has 4 heterocycles. The topological polar surface area (TPSA) is 131 Å². The Kier molecular flexibility index (Phi) is 7.09. The number of hydrogen-bond acceptors (Lipinski definition) is 9. The molecule has 0 bridgehead atoms. The molecule has 0 unspecified atom stereocenters. The fourth-order valence-electron chi connectivity index (χ4n) is 4.40. The molecule has 43 heavy (non-hydrogen) atoms. The number of amides is 1. The second kappa shape index (κ2) is 11.0. The summed E-state index contributed by atoms with van der Waals surface area (Å²) in [7, 11) is 0. The number of nitrogens with one attached hydrogen (secondary N) is 2. The highest BCUT2D eigenvalue weighted by Crippen LogP contribution is 2.36. The largest absolute Gasteiger partial charge is 0.417 e. The summed E-state index contributed by atoms with van der Waals surface area (Å²) in [5, 5.41) is 13.1. The van der Waals surface area contributed by atoms with Gasteiger partial charge in [-0.3, -0.25) is 4.79 Å². The number of hydrogen-bond donors (Lipinski definition) is 2. The monoisotopic (exact) mass is 588 g/mol. The number of carbonyl (C=O) groups is 1. The first kappa shape index (κ1) is 27.6. The minimum atomic E-state index is -4.66. The summed E-state index contributed by atoms with van der Waals surface area (Å²) < 4.78 is 61.1. The Morgan fingerprint density at radius 2 is 1.70 bits per heavy atom. The summed E-state index contributed by atoms with van der Waals surface area (Å²) in [6, 6.07) is 13.9. The van der Waals surface area contributed by atoms with E-state index in [0.717, 1.165) is 6.07 Å². The first-order valence-electron chi connectivity index (χ1n) is 12.9. The van der Waals surface area contributed by atoms with Gasteiger partial charge >= 0.3 is 12.2 Å². The number of anilines is 2. The van der Waals surface area contributed by atoms with Crippen LogP contribution in [-0.4, -0.2) is 42.9 Å². The maximum atomic E-state index is 14.8. The van der Waals surface area contributed by atoms with Gasteiger partial charge in [-0.25, -0.2) is 24.3 Å². The van der Waals surface area contributed by atoms with E-state index in [1.165, 1.54) is 24.5 Å². The summed E-state index contributed by atoms with van der Waals surface area (Å²) in [6.45, 7) is 1.84. The Hall–Kier alpha value is -5.53. The number of carbonyl (C=O) groups excluding carboxylic acids is 1. The quantitative estimate of drug-likeness (QED) is 0.248. The van der Waals surface area contributed by atoms with Crippen LogP contribution in [0, 0.1) is 5.82 Å². The van der Waals surface area contributed by atoms with Gasteiger partial charge < -0.3 is 15.1 Å². The van der Waals surface area contributed by atoms with Crippen molar-refractivity contribution in [2.75, 3.05) is 10.6 Å². The second-order valence-corrected chi connectivity index (χ2v) is 9.31. The van der Waals surface area contributed by atoms with E-state index in [0.29, 0.717) is 35.3 Å². The Balaban J connectivity index is 1.37. The van der Waals surface area contributed by atoms with Gasteiger partial charge in [0.2, 0.25) is 6.17 Å². The molecule has 1 aliphatic rings. The first-order valence-corrected chi connectivity index (χ1v) is 12.9. The SMILES string of the molecule is CCc1ncc(-c2cc(C(F)(F)F)cnc2-c2nnc(N[C@H]3N=C(c4ccccc4)c4cccc(F)c4NC3=O)o2)cn1. The van der Waals surface area contributed by atoms with Gasteiger partial charge in [-0.2, -0.15) is 13.2 Å². The van der Waals surface area contributed by atoms with Gasteiger partial charge in [-0.05, 0) is 12.1 Å². The van der Waals surface area contributed by atoms with Crippen LogP contribution in [-0.2, 0) is 17.4 Å². The lowest BCUT2D eigenvalue weighted by molar-refractivity contribution is -0.137. The number of nitrogens with zero attached hydrogens (tertiary/aromatic N) is 6. The lowest BCUT2D eigenvalue weighted by atomic mass is 10.0. The lowest BCUT2D eigenvalue weighted by Crippen LogP contribution is -2.32. The van der Waals surface area contributed by atoms with Crippen LogP contribution < -0.4 is 10.6 Å². The maximum Gasteiger partial charge on any atom is 0.417 e. The zero-order chi connectivity index (χ0) is 30.1. The number of benzodiazepines with no additional fused rings is 1. The molecule has 0 saturated heterocycles. The molecule has 0 radical (unpaired) electrons. The fraction of sp³-hybridized carbons (Fsp3) is 0.138. The third kappa shape index (κ3) is 5.54. The molecule has 0 spiro atoms. The molecule has 5 aromatic rings. The van der Waals surface area contributed by atoms with Crippen LogP contribution in [0.3, 0.4) is 0 Å². The average molecular weight is 589 g/mol. The molecule has 0 fully saturated rings. The van der Waals surface area contributed by atoms with E-state index >= 15 is 0 Å². The number of rotatable bonds is 6. The van der Waals surface area contributed by atoms with Crippen molar-refractivity contribution < 1.29 is 26.8 Å². The maximum absolute atomic E-state index is 14.8. The number of fused-ring (bicyclic) bond motifs is 1. The summed E-state index contributed by atoms with van der Waals surface area (Å²) in [4.78, 5) is 30.0. The average Bonchev–Trinajstić information content (AvgIpc) is 3.42. The first-order chi connectivity index (χ1) is 20.7. The molecule has 6 rings (SSSR count). The van der Waals surface area contributed by atoms with Gasteiger partial charge in [0.1, 0.15) is 17.3 Å². The number of pyridine rings is 1. The minimum absolute atomic E-state index is 0.00944. The normalized spacial score (nSPS) is 14.9. The van der Waals surface area contributed by atoms with Crippen LogP contribution in [0.4, 0.5) is 29.3 Å². The van der Waals surface area contributed by atoms with Crippen molar-refractivity contribution in [3.8, 4) is 22.7 Å². The number of aromatic nitrogens is 5. The summed E-state index contributed by atoms with van der Waals surface area (Å²) >= 11 is 0. The number of aryl methyl sites for hydroxylation is 1. The summed E-state index contributed by atoms with van der Waals surface area (Å²) in [5.41, 5.74) is 0.481. The van der Waals surface area contributed by atoms with E-state index in [2.05, 4.69) is 40.8 Å². The Labute approximate surface area is 241 Å². The van der Waals surface area contributed by atoms with E-state index in [-0.39, 0.29) is 34.4 Å². The molecular formula is C29H20F4N8O2. The Morgan fingerprint density at radius 1 is 0.930 bits per heavy atom. The molecule has 2 N–H and O–H groups in total. The Morgan fingerprint density at radius 3 is 2.42 bits per heavy atom. The highest BCUT2D eigenvalue weighted by Gasteiger charge is 2.33. The molecule has 0 aliphatic carbocycles. The minimum Gasteiger partial charge on any atom is -0.402 e. The molecule has 2 aromatic carbocycles. The zero-order valence-electron chi connectivity index (χ0n) is 22.2. The van der Waals surface area contributed by atoms with Gasteiger partial charge in [-0.15, -0.1) is 5.10 Å². The Bertz CT molecular complexity index is 1840. The fourth-order valence-corrected chi connectivity index (χ4v) is 4.40. The van der Waals surface area contributed by atoms with Crippen LogP contribution >= 0.6 is 0 Å². The second-order valence-electron chi connectivity index (χ2n) is 9.31. The van der Waals surface area contributed by atoms with Crippen molar-refractivity contribution in [3.63, 3.8) is 0 Å². The van der Waals surface area contributed by atoms with Crippen molar-refractivity contribution in [1.82, 2.24) is 25.1 Å². The van der Waals surface area contributed by atoms with E-state index in [9.17, 15) is 22.4 Å². The molecule has 1 atom stereocenters. The number of halogens is 4. The van der Waals surface area contributed by atoms with Gasteiger partial charge in [0.05, 0.1) is 17.0 Å². The van der Waals surface area contributed by atoms with E-state index < -0.39 is 29.6 Å². The van der Waals surface area contributed by atoms with E-state index in [1.807, 2.05) is 6.92 Å². The third-order valence-electron chi connectivity index (χ3n) is 6.51. The number of aliphatic imine (C=N–C) groups is 1. The van der Waals surface area contributed by atoms with Crippen LogP contribution in [0.2, 0.25) is 0 Å². The summed E-state index contributed by atoms with van der Waals surface area (Å²) in [6.07, 6.45) is -2.05. The third-order valence-corrected chi connectivity index (χ3v) is 6.51. The molecule has 1 amide bonds. The summed E-state index contributed by atoms with van der Waals surface area (Å²) in [5.74, 6) is -1.08. The zero-order valence-corrected chi connectivity index (χ0v) is 22.2. The van der Waals surface area contributed by atoms with Gasteiger partial charge in [-0.1, -0.05) is 54.5 Å². The molecule has 0 saturated carbocycles. The number of benzene rings is 2. The van der Waals surface area contributed by atoms with Crippen LogP contribution in [0.1, 0.15) is 29.4 Å². The highest BCUT2D eigenvalue weighted by molar-refractivity contribution is 6.19. The van der Waals surface area contributed by atoms with Crippen molar-refractivity contribution >= 4 is 23.3 Å². The molecule has 14 heteroatoms. The van der Waals surface area contributed by atoms with Gasteiger partial charge in [0, 0.05) is 47.3 Å². The van der Waals surface area contributed by atoms with Crippen LogP contribution in [0.25, 0.3) is 22.7 Å². The van der Waals surface area contributed by atoms with Crippen LogP contribution in [0.5, 0.6) is 0 Å². The predicted molar refractivity (Wildman–Crippen MR) is 147 cm³/mol. The number of para-hydroxylation sites is 1. The van der Waals surface area contributed by atoms with Crippen molar-refractivity contribution in [3.05, 3.63) is 102 Å². The highest BCUT2D eigenvalue weighted by atomic mass is 19.4. The van der Waals surface area contributed by atoms with Crippen molar-refractivity contribution in [1.29, 1.82) is 0 Å². The molecule has 3 aromatic heterocycles. The van der Waals surface area contributed by atoms with E-state index in [1.54, 1.807) is 36.4 Å². The van der Waals surface area contributed by atoms with Gasteiger partial charge in [0.25, 0.3) is 11.8 Å². The molecule has 216 valence electrons. The smallest absolute Gasteiger partial charge is 0.402 e. The van der Waals surface area contributed by atoms with E-state index in [4.69, 9.17) is 4.42 Å². The van der Waals surface area contributed by atoms with Crippen LogP contribution in [0.15, 0.2) is 82.6 Å². The standard InChI is InChI=1S/C29H20F4N8O2/c1-2-21-34-12-16(13-35-21)19-11-17(29(31,32)33)14-36-24(19)27-40-41-28(43-27)39-25-26(42)38-23-18(9-6-10-20(23)30)22(37-25)15-7-4-3-5-8-15/h3-14,25H,2H2,1H3,(H,38,42)(H,39,41)/t25-/m1/s1. The predicted octanol–water partition coefficient (Wildman–Crippen LogP) is 5.54. The lowest BCUT2D eigenvalue weighted by Gasteiger charge is -2.12.